The number of ether oxygens (including phenoxy) is 1. The first-order valence-corrected chi connectivity index (χ1v) is 12.3. The summed E-state index contributed by atoms with van der Waals surface area (Å²) in [5.74, 6) is 1.72. The van der Waals surface area contributed by atoms with E-state index in [4.69, 9.17) is 4.74 Å². The van der Waals surface area contributed by atoms with Crippen LogP contribution in [0.2, 0.25) is 0 Å². The Bertz CT molecular complexity index is 497. The van der Waals surface area contributed by atoms with Crippen LogP contribution in [0.4, 0.5) is 0 Å². The molecule has 2 aliphatic heterocycles. The zero-order chi connectivity index (χ0) is 21.4. The molecule has 4 heteroatoms. The summed E-state index contributed by atoms with van der Waals surface area (Å²) in [6, 6.07) is 1.36. The molecule has 3 rings (SSSR count). The number of likely N-dealkylation sites (tertiary alicyclic amines) is 1. The van der Waals surface area contributed by atoms with Gasteiger partial charge in [0.1, 0.15) is 0 Å². The van der Waals surface area contributed by atoms with E-state index in [9.17, 15) is 0 Å². The third-order valence-corrected chi connectivity index (χ3v) is 7.44. The molecule has 0 spiro atoms. The van der Waals surface area contributed by atoms with Gasteiger partial charge >= 0.3 is 0 Å². The van der Waals surface area contributed by atoms with E-state index < -0.39 is 0 Å². The summed E-state index contributed by atoms with van der Waals surface area (Å²) >= 11 is 0. The molecular weight excluding hydrogens is 358 g/mol. The van der Waals surface area contributed by atoms with E-state index in [-0.39, 0.29) is 5.60 Å². The number of rotatable bonds is 5. The Morgan fingerprint density at radius 1 is 0.793 bits per heavy atom. The largest absolute Gasteiger partial charge is 0.373 e. The lowest BCUT2D eigenvalue weighted by Crippen LogP contribution is -2.59. The summed E-state index contributed by atoms with van der Waals surface area (Å²) in [6.45, 7) is 26.1. The minimum absolute atomic E-state index is 0.00726. The van der Waals surface area contributed by atoms with E-state index in [0.29, 0.717) is 23.7 Å². The highest BCUT2D eigenvalue weighted by Crippen LogP contribution is 2.34. The second kappa shape index (κ2) is 9.14. The van der Waals surface area contributed by atoms with Gasteiger partial charge in [-0.05, 0) is 106 Å². The van der Waals surface area contributed by atoms with Gasteiger partial charge in [0, 0.05) is 43.8 Å². The van der Waals surface area contributed by atoms with E-state index in [1.165, 1.54) is 65.0 Å². The van der Waals surface area contributed by atoms with Gasteiger partial charge in [0.05, 0.1) is 11.7 Å². The monoisotopic (exact) mass is 407 g/mol. The van der Waals surface area contributed by atoms with Crippen molar-refractivity contribution in [2.24, 2.45) is 11.8 Å². The number of piperidine rings is 1. The standard InChI is InChI=1S/C25H49N3O/c1-19-15-26(17-22-13-23(14-22)29-25(6,7)8)16-20(2)28(19)18-21-9-11-27(12-10-21)24(3,4)5/h19-23H,9-18H2,1-8H3. The van der Waals surface area contributed by atoms with Gasteiger partial charge < -0.3 is 4.74 Å². The highest BCUT2D eigenvalue weighted by atomic mass is 16.5. The molecule has 2 unspecified atom stereocenters. The molecule has 0 aromatic heterocycles. The Hall–Kier alpha value is -0.160. The highest BCUT2D eigenvalue weighted by molar-refractivity contribution is 4.91. The summed E-state index contributed by atoms with van der Waals surface area (Å²) in [7, 11) is 0. The predicted molar refractivity (Wildman–Crippen MR) is 123 cm³/mol. The third-order valence-electron chi connectivity index (χ3n) is 7.44. The van der Waals surface area contributed by atoms with Crippen molar-refractivity contribution < 1.29 is 4.74 Å². The molecule has 0 N–H and O–H groups in total. The molecule has 4 nitrogen and oxygen atoms in total. The van der Waals surface area contributed by atoms with E-state index in [1.807, 2.05) is 0 Å². The van der Waals surface area contributed by atoms with Gasteiger partial charge in [0.25, 0.3) is 0 Å². The van der Waals surface area contributed by atoms with Crippen molar-refractivity contribution in [3.05, 3.63) is 0 Å². The van der Waals surface area contributed by atoms with Crippen LogP contribution < -0.4 is 0 Å². The molecule has 0 bridgehead atoms. The van der Waals surface area contributed by atoms with Gasteiger partial charge in [-0.15, -0.1) is 0 Å². The van der Waals surface area contributed by atoms with Crippen LogP contribution >= 0.6 is 0 Å². The topological polar surface area (TPSA) is 19.0 Å². The highest BCUT2D eigenvalue weighted by Gasteiger charge is 2.37. The molecule has 1 saturated carbocycles. The Morgan fingerprint density at radius 2 is 1.34 bits per heavy atom. The second-order valence-corrected chi connectivity index (χ2v) is 12.4. The van der Waals surface area contributed by atoms with Crippen molar-refractivity contribution in [3.8, 4) is 0 Å². The molecule has 3 aliphatic rings. The van der Waals surface area contributed by atoms with Crippen LogP contribution in [-0.4, -0.2) is 83.3 Å². The molecule has 3 fully saturated rings. The van der Waals surface area contributed by atoms with Crippen LogP contribution in [-0.2, 0) is 4.74 Å². The van der Waals surface area contributed by atoms with Crippen LogP contribution in [0.25, 0.3) is 0 Å². The molecule has 2 saturated heterocycles. The van der Waals surface area contributed by atoms with Crippen LogP contribution in [0, 0.1) is 11.8 Å². The Balaban J connectivity index is 1.39. The molecule has 1 aliphatic carbocycles. The van der Waals surface area contributed by atoms with E-state index >= 15 is 0 Å². The van der Waals surface area contributed by atoms with E-state index in [0.717, 1.165) is 11.8 Å². The normalized spacial score (nSPS) is 34.3. The summed E-state index contributed by atoms with van der Waals surface area (Å²) in [6.07, 6.45) is 5.75. The fraction of sp³-hybridized carbons (Fsp3) is 1.00. The lowest BCUT2D eigenvalue weighted by Gasteiger charge is -2.49. The maximum atomic E-state index is 6.14. The Morgan fingerprint density at radius 3 is 1.83 bits per heavy atom. The third kappa shape index (κ3) is 6.66. The molecule has 2 atom stereocenters. The Labute approximate surface area is 181 Å². The van der Waals surface area contributed by atoms with Crippen molar-refractivity contribution in [2.45, 2.75) is 110 Å². The first-order valence-electron chi connectivity index (χ1n) is 12.3. The maximum Gasteiger partial charge on any atom is 0.0602 e. The molecule has 2 heterocycles. The summed E-state index contributed by atoms with van der Waals surface area (Å²) in [5.41, 5.74) is 0.336. The van der Waals surface area contributed by atoms with Gasteiger partial charge in [-0.25, -0.2) is 0 Å². The first kappa shape index (κ1) is 23.5. The van der Waals surface area contributed by atoms with Gasteiger partial charge in [-0.3, -0.25) is 14.7 Å². The fourth-order valence-electron chi connectivity index (χ4n) is 5.84. The minimum Gasteiger partial charge on any atom is -0.373 e. The van der Waals surface area contributed by atoms with Gasteiger partial charge in [-0.2, -0.15) is 0 Å². The molecule has 0 aromatic rings. The van der Waals surface area contributed by atoms with Gasteiger partial charge in [0.15, 0.2) is 0 Å². The number of nitrogens with zero attached hydrogens (tertiary/aromatic N) is 3. The van der Waals surface area contributed by atoms with E-state index in [2.05, 4.69) is 70.1 Å². The Kier molecular flexibility index (Phi) is 7.41. The summed E-state index contributed by atoms with van der Waals surface area (Å²) in [4.78, 5) is 8.23. The van der Waals surface area contributed by atoms with E-state index in [1.54, 1.807) is 0 Å². The zero-order valence-electron chi connectivity index (χ0n) is 20.7. The second-order valence-electron chi connectivity index (χ2n) is 12.4. The zero-order valence-corrected chi connectivity index (χ0v) is 20.7. The molecule has 0 amide bonds. The molecular formula is C25H49N3O. The molecule has 0 radical (unpaired) electrons. The molecule has 0 aromatic carbocycles. The number of hydrogen-bond donors (Lipinski definition) is 0. The van der Waals surface area contributed by atoms with Crippen molar-refractivity contribution in [2.75, 3.05) is 39.3 Å². The maximum absolute atomic E-state index is 6.14. The first-order chi connectivity index (χ1) is 13.4. The molecule has 170 valence electrons. The van der Waals surface area contributed by atoms with Gasteiger partial charge in [0.2, 0.25) is 0 Å². The average molecular weight is 408 g/mol. The van der Waals surface area contributed by atoms with Crippen LogP contribution in [0.1, 0.15) is 81.1 Å². The van der Waals surface area contributed by atoms with Crippen LogP contribution in [0.15, 0.2) is 0 Å². The lowest BCUT2D eigenvalue weighted by molar-refractivity contribution is -0.118. The average Bonchev–Trinajstić information content (AvgIpc) is 2.55. The fourth-order valence-corrected chi connectivity index (χ4v) is 5.84. The lowest BCUT2D eigenvalue weighted by atomic mass is 9.81. The number of hydrogen-bond acceptors (Lipinski definition) is 4. The van der Waals surface area contributed by atoms with Crippen molar-refractivity contribution in [3.63, 3.8) is 0 Å². The van der Waals surface area contributed by atoms with Crippen LogP contribution in [0.5, 0.6) is 0 Å². The predicted octanol–water partition coefficient (Wildman–Crippen LogP) is 4.49. The number of piperazine rings is 1. The van der Waals surface area contributed by atoms with Crippen LogP contribution in [0.3, 0.4) is 0 Å². The molecule has 29 heavy (non-hydrogen) atoms. The minimum atomic E-state index is 0.00726. The van der Waals surface area contributed by atoms with Crippen molar-refractivity contribution in [1.29, 1.82) is 0 Å². The summed E-state index contributed by atoms with van der Waals surface area (Å²) < 4.78 is 6.14. The van der Waals surface area contributed by atoms with Crippen molar-refractivity contribution in [1.82, 2.24) is 14.7 Å². The SMILES string of the molecule is CC1CN(CC2CC(OC(C)(C)C)C2)CC(C)N1CC1CCN(C(C)(C)C)CC1. The van der Waals surface area contributed by atoms with Crippen molar-refractivity contribution >= 4 is 0 Å². The van der Waals surface area contributed by atoms with Gasteiger partial charge in [-0.1, -0.05) is 0 Å². The smallest absolute Gasteiger partial charge is 0.0602 e. The quantitative estimate of drug-likeness (QED) is 0.668. The summed E-state index contributed by atoms with van der Waals surface area (Å²) in [5, 5.41) is 0.